The molecule has 5 rings (SSSR count). The summed E-state index contributed by atoms with van der Waals surface area (Å²) in [4.78, 5) is 28.6. The number of carbonyl (C=O) groups is 1. The van der Waals surface area contributed by atoms with Gasteiger partial charge in [-0.15, -0.1) is 0 Å². The van der Waals surface area contributed by atoms with Gasteiger partial charge in [0.2, 0.25) is 5.43 Å². The first-order valence-corrected chi connectivity index (χ1v) is 10.0. The molecule has 0 radical (unpaired) electrons. The highest BCUT2D eigenvalue weighted by molar-refractivity contribution is 5.93. The lowest BCUT2D eigenvalue weighted by atomic mass is 9.91. The number of aromatic nitrogens is 1. The van der Waals surface area contributed by atoms with Gasteiger partial charge in [-0.05, 0) is 44.9 Å². The second-order valence-electron chi connectivity index (χ2n) is 8.45. The molecule has 3 aliphatic rings. The second kappa shape index (κ2) is 6.30. The number of aromatic carboxylic acids is 1. The van der Waals surface area contributed by atoms with Crippen molar-refractivity contribution in [1.82, 2.24) is 9.47 Å². The Bertz CT molecular complexity index is 1020. The Balaban J connectivity index is 1.64. The average molecular weight is 385 g/mol. The van der Waals surface area contributed by atoms with Crippen LogP contribution >= 0.6 is 0 Å². The predicted molar refractivity (Wildman–Crippen MR) is 105 cm³/mol. The van der Waals surface area contributed by atoms with Gasteiger partial charge in [0, 0.05) is 42.8 Å². The summed E-state index contributed by atoms with van der Waals surface area (Å²) >= 11 is 0. The summed E-state index contributed by atoms with van der Waals surface area (Å²) in [6.07, 6.45) is 6.78. The highest BCUT2D eigenvalue weighted by Gasteiger charge is 2.36. The molecule has 2 atom stereocenters. The minimum absolute atomic E-state index is 0.155. The quantitative estimate of drug-likeness (QED) is 0.880. The number of anilines is 1. The second-order valence-corrected chi connectivity index (χ2v) is 8.45. The summed E-state index contributed by atoms with van der Waals surface area (Å²) in [6.45, 7) is 1.55. The van der Waals surface area contributed by atoms with Gasteiger partial charge in [-0.25, -0.2) is 9.18 Å². The summed E-state index contributed by atoms with van der Waals surface area (Å²) in [7, 11) is 2.15. The van der Waals surface area contributed by atoms with Crippen molar-refractivity contribution in [1.29, 1.82) is 0 Å². The molecule has 2 aliphatic heterocycles. The van der Waals surface area contributed by atoms with Crippen molar-refractivity contribution in [3.8, 4) is 0 Å². The molecule has 1 saturated carbocycles. The smallest absolute Gasteiger partial charge is 0.341 e. The average Bonchev–Trinajstić information content (AvgIpc) is 3.47. The van der Waals surface area contributed by atoms with Gasteiger partial charge in [0.15, 0.2) is 0 Å². The minimum Gasteiger partial charge on any atom is -0.477 e. The van der Waals surface area contributed by atoms with Crippen LogP contribution < -0.4 is 10.3 Å². The van der Waals surface area contributed by atoms with Crippen molar-refractivity contribution < 1.29 is 14.3 Å². The summed E-state index contributed by atoms with van der Waals surface area (Å²) in [5.74, 6) is -1.71. The Hall–Kier alpha value is -2.41. The molecule has 0 amide bonds. The van der Waals surface area contributed by atoms with E-state index >= 15 is 4.39 Å². The molecule has 3 heterocycles. The zero-order valence-electron chi connectivity index (χ0n) is 15.9. The van der Waals surface area contributed by atoms with Gasteiger partial charge < -0.3 is 14.6 Å². The van der Waals surface area contributed by atoms with E-state index in [4.69, 9.17) is 0 Å². The Morgan fingerprint density at radius 3 is 2.39 bits per heavy atom. The molecule has 0 spiro atoms. The Kier molecular flexibility index (Phi) is 3.98. The number of hydrogen-bond donors (Lipinski definition) is 1. The third-order valence-electron chi connectivity index (χ3n) is 6.70. The zero-order chi connectivity index (χ0) is 19.6. The normalized spacial score (nSPS) is 25.3. The first-order valence-electron chi connectivity index (χ1n) is 10.0. The molecule has 1 aromatic heterocycles. The molecule has 2 aromatic rings. The summed E-state index contributed by atoms with van der Waals surface area (Å²) < 4.78 is 16.9. The number of nitrogens with zero attached hydrogens (tertiary/aromatic N) is 3. The van der Waals surface area contributed by atoms with Crippen LogP contribution in [0.3, 0.4) is 0 Å². The standard InChI is InChI=1S/C21H24FN3O3/c1-23-13-3-2-4-14(23)10-24(9-13)19-8-18-15(7-17(19)22)20(26)16(21(27)28)11-25(18)12-5-6-12/h7-8,11-14H,2-6,9-10H2,1H3,(H,27,28). The van der Waals surface area contributed by atoms with Gasteiger partial charge in [0.05, 0.1) is 11.2 Å². The summed E-state index contributed by atoms with van der Waals surface area (Å²) in [6, 6.07) is 4.03. The van der Waals surface area contributed by atoms with Crippen LogP contribution in [0.4, 0.5) is 10.1 Å². The van der Waals surface area contributed by atoms with Crippen molar-refractivity contribution in [2.45, 2.75) is 50.2 Å². The maximum Gasteiger partial charge on any atom is 0.341 e. The summed E-state index contributed by atoms with van der Waals surface area (Å²) in [5.41, 5.74) is 0.258. The topological polar surface area (TPSA) is 65.8 Å². The van der Waals surface area contributed by atoms with Crippen LogP contribution in [0.5, 0.6) is 0 Å². The first kappa shape index (κ1) is 17.7. The third-order valence-corrected chi connectivity index (χ3v) is 6.70. The van der Waals surface area contributed by atoms with Gasteiger partial charge in [-0.2, -0.15) is 0 Å². The van der Waals surface area contributed by atoms with Crippen LogP contribution in [0.1, 0.15) is 48.5 Å². The van der Waals surface area contributed by atoms with E-state index in [-0.39, 0.29) is 17.0 Å². The maximum atomic E-state index is 15.1. The number of likely N-dealkylation sites (N-methyl/N-ethyl adjacent to an activating group) is 1. The molecule has 1 aliphatic carbocycles. The van der Waals surface area contributed by atoms with Crippen LogP contribution in [-0.2, 0) is 0 Å². The Labute approximate surface area is 162 Å². The van der Waals surface area contributed by atoms with Gasteiger partial charge in [0.25, 0.3) is 0 Å². The SMILES string of the molecule is CN1C2CCCC1CN(c1cc3c(cc1F)c(=O)c(C(=O)O)cn3C1CC1)C2. The highest BCUT2D eigenvalue weighted by Crippen LogP contribution is 2.39. The number of carboxylic acids is 1. The Morgan fingerprint density at radius 1 is 1.11 bits per heavy atom. The number of benzene rings is 1. The van der Waals surface area contributed by atoms with Crippen LogP contribution in [0.25, 0.3) is 10.9 Å². The molecule has 148 valence electrons. The monoisotopic (exact) mass is 385 g/mol. The van der Waals surface area contributed by atoms with E-state index in [1.54, 1.807) is 6.07 Å². The molecule has 7 heteroatoms. The zero-order valence-corrected chi connectivity index (χ0v) is 15.9. The van der Waals surface area contributed by atoms with E-state index in [0.29, 0.717) is 23.3 Å². The lowest BCUT2D eigenvalue weighted by Crippen LogP contribution is -2.59. The molecule has 6 nitrogen and oxygen atoms in total. The molecule has 2 unspecified atom stereocenters. The number of rotatable bonds is 3. The molecular weight excluding hydrogens is 361 g/mol. The summed E-state index contributed by atoms with van der Waals surface area (Å²) in [5, 5.41) is 9.53. The maximum absolute atomic E-state index is 15.1. The van der Waals surface area contributed by atoms with Crippen molar-refractivity contribution in [2.24, 2.45) is 0 Å². The number of piperidine rings is 1. The van der Waals surface area contributed by atoms with Crippen LogP contribution in [-0.4, -0.2) is 52.8 Å². The molecular formula is C21H24FN3O3. The number of halogens is 1. The molecule has 1 N–H and O–H groups in total. The van der Waals surface area contributed by atoms with Crippen molar-refractivity contribution >= 4 is 22.6 Å². The lowest BCUT2D eigenvalue weighted by Gasteiger charge is -2.49. The number of fused-ring (bicyclic) bond motifs is 3. The molecule has 28 heavy (non-hydrogen) atoms. The van der Waals surface area contributed by atoms with Gasteiger partial charge in [0.1, 0.15) is 11.4 Å². The van der Waals surface area contributed by atoms with Gasteiger partial charge >= 0.3 is 5.97 Å². The third kappa shape index (κ3) is 2.71. The minimum atomic E-state index is -1.27. The van der Waals surface area contributed by atoms with E-state index in [9.17, 15) is 14.7 Å². The largest absolute Gasteiger partial charge is 0.477 e. The molecule has 1 aromatic carbocycles. The fourth-order valence-electron chi connectivity index (χ4n) is 4.92. The van der Waals surface area contributed by atoms with Crippen LogP contribution in [0.15, 0.2) is 23.1 Å². The fourth-order valence-corrected chi connectivity index (χ4v) is 4.92. The van der Waals surface area contributed by atoms with E-state index in [1.165, 1.54) is 18.7 Å². The van der Waals surface area contributed by atoms with Crippen molar-refractivity contribution in [3.63, 3.8) is 0 Å². The van der Waals surface area contributed by atoms with Gasteiger partial charge in [-0.3, -0.25) is 9.69 Å². The number of pyridine rings is 1. The number of piperazine rings is 1. The van der Waals surface area contributed by atoms with E-state index in [2.05, 4.69) is 16.8 Å². The fraction of sp³-hybridized carbons (Fsp3) is 0.524. The number of carboxylic acid groups (broad SMARTS) is 1. The Morgan fingerprint density at radius 2 is 1.79 bits per heavy atom. The van der Waals surface area contributed by atoms with E-state index in [0.717, 1.165) is 38.8 Å². The molecule has 2 bridgehead atoms. The van der Waals surface area contributed by atoms with E-state index < -0.39 is 17.2 Å². The number of hydrogen-bond acceptors (Lipinski definition) is 4. The van der Waals surface area contributed by atoms with Crippen molar-refractivity contribution in [2.75, 3.05) is 25.0 Å². The first-order chi connectivity index (χ1) is 13.4. The molecule has 2 saturated heterocycles. The van der Waals surface area contributed by atoms with E-state index in [1.807, 2.05) is 4.57 Å². The highest BCUT2D eigenvalue weighted by atomic mass is 19.1. The lowest BCUT2D eigenvalue weighted by molar-refractivity contribution is 0.0695. The van der Waals surface area contributed by atoms with Crippen LogP contribution in [0.2, 0.25) is 0 Å². The van der Waals surface area contributed by atoms with Crippen molar-refractivity contribution in [3.05, 3.63) is 39.9 Å². The molecule has 3 fully saturated rings. The predicted octanol–water partition coefficient (Wildman–Crippen LogP) is 2.85. The van der Waals surface area contributed by atoms with Crippen LogP contribution in [0, 0.1) is 5.82 Å². The van der Waals surface area contributed by atoms with Gasteiger partial charge in [-0.1, -0.05) is 6.42 Å².